The fourth-order valence-corrected chi connectivity index (χ4v) is 2.32. The molecule has 0 amide bonds. The van der Waals surface area contributed by atoms with E-state index in [0.717, 1.165) is 12.5 Å². The maximum atomic E-state index is 4.24. The number of benzene rings is 1. The van der Waals surface area contributed by atoms with Gasteiger partial charge in [0.25, 0.3) is 0 Å². The Morgan fingerprint density at radius 3 is 3.00 bits per heavy atom. The molecule has 1 heterocycles. The summed E-state index contributed by atoms with van der Waals surface area (Å²) in [4.78, 5) is 0. The van der Waals surface area contributed by atoms with Gasteiger partial charge in [-0.05, 0) is 49.4 Å². The van der Waals surface area contributed by atoms with Gasteiger partial charge < -0.3 is 5.32 Å². The molecule has 0 saturated heterocycles. The fraction of sp³-hybridized carbons (Fsp3) is 0.400. The maximum Gasteiger partial charge on any atom is 0.0660 e. The topological polar surface area (TPSA) is 29.9 Å². The highest BCUT2D eigenvalue weighted by atomic mass is 15.3. The zero-order valence-corrected chi connectivity index (χ0v) is 10.7. The van der Waals surface area contributed by atoms with E-state index in [-0.39, 0.29) is 0 Å². The number of nitrogens with zero attached hydrogens (tertiary/aromatic N) is 2. The van der Waals surface area contributed by atoms with Gasteiger partial charge >= 0.3 is 0 Å². The van der Waals surface area contributed by atoms with Crippen LogP contribution >= 0.6 is 0 Å². The summed E-state index contributed by atoms with van der Waals surface area (Å²) in [7, 11) is 0. The van der Waals surface area contributed by atoms with Gasteiger partial charge in [0, 0.05) is 24.1 Å². The number of aromatic nitrogens is 2. The van der Waals surface area contributed by atoms with Crippen LogP contribution in [-0.4, -0.2) is 15.8 Å². The summed E-state index contributed by atoms with van der Waals surface area (Å²) in [6.07, 6.45) is 6.56. The Morgan fingerprint density at radius 2 is 2.28 bits per heavy atom. The first-order valence-electron chi connectivity index (χ1n) is 6.64. The zero-order valence-electron chi connectivity index (χ0n) is 10.7. The molecule has 1 aromatic heterocycles. The predicted octanol–water partition coefficient (Wildman–Crippen LogP) is 3.14. The molecule has 0 aliphatic heterocycles. The van der Waals surface area contributed by atoms with Crippen molar-refractivity contribution in [3.05, 3.63) is 48.3 Å². The molecule has 94 valence electrons. The van der Waals surface area contributed by atoms with E-state index in [1.54, 1.807) is 0 Å². The van der Waals surface area contributed by atoms with Crippen molar-refractivity contribution in [2.75, 3.05) is 5.32 Å². The van der Waals surface area contributed by atoms with Gasteiger partial charge in [-0.2, -0.15) is 5.10 Å². The monoisotopic (exact) mass is 241 g/mol. The minimum absolute atomic E-state index is 0.588. The Morgan fingerprint density at radius 1 is 1.39 bits per heavy atom. The van der Waals surface area contributed by atoms with Crippen LogP contribution in [0.1, 0.15) is 25.3 Å². The average molecular weight is 241 g/mol. The summed E-state index contributed by atoms with van der Waals surface area (Å²) in [5.74, 6) is 0.875. The normalized spacial score (nSPS) is 16.5. The molecule has 1 fully saturated rings. The van der Waals surface area contributed by atoms with Gasteiger partial charge in [-0.3, -0.25) is 4.68 Å². The van der Waals surface area contributed by atoms with E-state index in [4.69, 9.17) is 0 Å². The second kappa shape index (κ2) is 4.84. The van der Waals surface area contributed by atoms with E-state index in [1.165, 1.54) is 24.1 Å². The molecule has 3 nitrogen and oxygen atoms in total. The van der Waals surface area contributed by atoms with Crippen molar-refractivity contribution in [3.63, 3.8) is 0 Å². The van der Waals surface area contributed by atoms with E-state index < -0.39 is 0 Å². The standard InChI is InChI=1S/C15H19N3/c1-12(14-6-7-14)17-15-5-2-4-13(10-15)11-18-9-3-8-16-18/h2-5,8-10,12,14,17H,6-7,11H2,1H3. The van der Waals surface area contributed by atoms with Crippen LogP contribution in [0.2, 0.25) is 0 Å². The summed E-state index contributed by atoms with van der Waals surface area (Å²) < 4.78 is 1.95. The molecule has 1 aliphatic carbocycles. The van der Waals surface area contributed by atoms with Gasteiger partial charge in [-0.15, -0.1) is 0 Å². The third kappa shape index (κ3) is 2.73. The van der Waals surface area contributed by atoms with Crippen LogP contribution in [0.15, 0.2) is 42.7 Å². The summed E-state index contributed by atoms with van der Waals surface area (Å²) >= 11 is 0. The van der Waals surface area contributed by atoms with Crippen molar-refractivity contribution in [3.8, 4) is 0 Å². The third-order valence-electron chi connectivity index (χ3n) is 3.55. The quantitative estimate of drug-likeness (QED) is 0.871. The minimum Gasteiger partial charge on any atom is -0.382 e. The van der Waals surface area contributed by atoms with Crippen LogP contribution in [0.4, 0.5) is 5.69 Å². The highest BCUT2D eigenvalue weighted by Gasteiger charge is 2.27. The molecule has 0 bridgehead atoms. The molecule has 1 saturated carbocycles. The Hall–Kier alpha value is -1.77. The van der Waals surface area contributed by atoms with Gasteiger partial charge in [0.1, 0.15) is 0 Å². The molecule has 2 aromatic rings. The van der Waals surface area contributed by atoms with Crippen molar-refractivity contribution >= 4 is 5.69 Å². The van der Waals surface area contributed by atoms with Crippen LogP contribution in [0.25, 0.3) is 0 Å². The van der Waals surface area contributed by atoms with Crippen LogP contribution in [0, 0.1) is 5.92 Å². The van der Waals surface area contributed by atoms with Gasteiger partial charge in [0.2, 0.25) is 0 Å². The van der Waals surface area contributed by atoms with Crippen LogP contribution in [0.3, 0.4) is 0 Å². The molecule has 0 radical (unpaired) electrons. The Labute approximate surface area is 108 Å². The fourth-order valence-electron chi connectivity index (χ4n) is 2.32. The van der Waals surface area contributed by atoms with Gasteiger partial charge in [-0.1, -0.05) is 12.1 Å². The van der Waals surface area contributed by atoms with Gasteiger partial charge in [-0.25, -0.2) is 0 Å². The average Bonchev–Trinajstić information content (AvgIpc) is 3.10. The lowest BCUT2D eigenvalue weighted by atomic mass is 10.1. The maximum absolute atomic E-state index is 4.24. The first kappa shape index (κ1) is 11.3. The van der Waals surface area contributed by atoms with E-state index in [9.17, 15) is 0 Å². The summed E-state index contributed by atoms with van der Waals surface area (Å²) in [6, 6.07) is 11.2. The molecule has 18 heavy (non-hydrogen) atoms. The lowest BCUT2D eigenvalue weighted by Gasteiger charge is -2.15. The second-order valence-electron chi connectivity index (χ2n) is 5.17. The summed E-state index contributed by atoms with van der Waals surface area (Å²) in [5.41, 5.74) is 2.51. The molecule has 1 atom stereocenters. The zero-order chi connectivity index (χ0) is 12.4. The van der Waals surface area contributed by atoms with Crippen LogP contribution < -0.4 is 5.32 Å². The molecule has 1 aliphatic rings. The van der Waals surface area contributed by atoms with E-state index >= 15 is 0 Å². The molecule has 1 N–H and O–H groups in total. The molecule has 0 spiro atoms. The third-order valence-corrected chi connectivity index (χ3v) is 3.55. The largest absolute Gasteiger partial charge is 0.382 e. The molecule has 1 unspecified atom stereocenters. The first-order chi connectivity index (χ1) is 8.81. The van der Waals surface area contributed by atoms with Gasteiger partial charge in [0.05, 0.1) is 6.54 Å². The first-order valence-corrected chi connectivity index (χ1v) is 6.64. The van der Waals surface area contributed by atoms with Crippen molar-refractivity contribution in [2.45, 2.75) is 32.4 Å². The lowest BCUT2D eigenvalue weighted by molar-refractivity contribution is 0.683. The second-order valence-corrected chi connectivity index (χ2v) is 5.17. The highest BCUT2D eigenvalue weighted by Crippen LogP contribution is 2.34. The highest BCUT2D eigenvalue weighted by molar-refractivity contribution is 5.46. The number of anilines is 1. The molecule has 1 aromatic carbocycles. The van der Waals surface area contributed by atoms with Crippen LogP contribution in [-0.2, 0) is 6.54 Å². The number of hydrogen-bond acceptors (Lipinski definition) is 2. The summed E-state index contributed by atoms with van der Waals surface area (Å²) in [5, 5.41) is 7.83. The van der Waals surface area contributed by atoms with Crippen molar-refractivity contribution in [1.82, 2.24) is 9.78 Å². The van der Waals surface area contributed by atoms with E-state index in [2.05, 4.69) is 41.6 Å². The summed E-state index contributed by atoms with van der Waals surface area (Å²) in [6.45, 7) is 3.11. The number of nitrogens with one attached hydrogen (secondary N) is 1. The Balaban J connectivity index is 1.68. The van der Waals surface area contributed by atoms with Crippen molar-refractivity contribution in [1.29, 1.82) is 0 Å². The van der Waals surface area contributed by atoms with Crippen LogP contribution in [0.5, 0.6) is 0 Å². The van der Waals surface area contributed by atoms with Gasteiger partial charge in [0.15, 0.2) is 0 Å². The Bertz CT molecular complexity index is 500. The molecular weight excluding hydrogens is 222 g/mol. The predicted molar refractivity (Wildman–Crippen MR) is 73.6 cm³/mol. The van der Waals surface area contributed by atoms with Crippen molar-refractivity contribution in [2.24, 2.45) is 5.92 Å². The molecule has 3 heteroatoms. The lowest BCUT2D eigenvalue weighted by Crippen LogP contribution is -2.17. The number of hydrogen-bond donors (Lipinski definition) is 1. The minimum atomic E-state index is 0.588. The molecular formula is C15H19N3. The molecule has 3 rings (SSSR count). The van der Waals surface area contributed by atoms with E-state index in [1.807, 2.05) is 23.1 Å². The SMILES string of the molecule is CC(Nc1cccc(Cn2cccn2)c1)C1CC1. The van der Waals surface area contributed by atoms with E-state index in [0.29, 0.717) is 6.04 Å². The number of rotatable bonds is 5. The smallest absolute Gasteiger partial charge is 0.0660 e. The Kier molecular flexibility index (Phi) is 3.05. The van der Waals surface area contributed by atoms with Crippen molar-refractivity contribution < 1.29 is 0 Å².